The lowest BCUT2D eigenvalue weighted by Gasteiger charge is -2.36. The van der Waals surface area contributed by atoms with Crippen LogP contribution < -0.4 is 0 Å². The standard InChI is InChI=1S/C12H19F2NO2/c1-17-11(16)9-3-4-10(7-9)15-6-2-5-12(13,14)8-15/h9-10H,2-8H2,1H3/t9-,10+/m0/s1. The zero-order valence-electron chi connectivity index (χ0n) is 10.1. The van der Waals surface area contributed by atoms with E-state index in [1.165, 1.54) is 7.11 Å². The maximum absolute atomic E-state index is 13.3. The third-order valence-electron chi connectivity index (χ3n) is 3.88. The van der Waals surface area contributed by atoms with Crippen LogP contribution >= 0.6 is 0 Å². The number of ether oxygens (including phenoxy) is 1. The van der Waals surface area contributed by atoms with Gasteiger partial charge in [0.05, 0.1) is 19.6 Å². The zero-order valence-corrected chi connectivity index (χ0v) is 10.1. The van der Waals surface area contributed by atoms with Gasteiger partial charge in [-0.15, -0.1) is 0 Å². The summed E-state index contributed by atoms with van der Waals surface area (Å²) in [5.74, 6) is -2.85. The maximum Gasteiger partial charge on any atom is 0.308 e. The van der Waals surface area contributed by atoms with E-state index in [1.807, 2.05) is 4.90 Å². The summed E-state index contributed by atoms with van der Waals surface area (Å²) in [5.41, 5.74) is 0. The Balaban J connectivity index is 1.90. The summed E-state index contributed by atoms with van der Waals surface area (Å²) in [7, 11) is 1.38. The Hall–Kier alpha value is -0.710. The van der Waals surface area contributed by atoms with Gasteiger partial charge in [0.2, 0.25) is 0 Å². The monoisotopic (exact) mass is 247 g/mol. The molecule has 1 aliphatic carbocycles. The Morgan fingerprint density at radius 3 is 2.82 bits per heavy atom. The smallest absolute Gasteiger partial charge is 0.308 e. The van der Waals surface area contributed by atoms with Crippen molar-refractivity contribution in [2.45, 2.75) is 44.1 Å². The minimum absolute atomic E-state index is 0.00332. The van der Waals surface area contributed by atoms with Crippen LogP contribution in [0, 0.1) is 5.92 Å². The van der Waals surface area contributed by atoms with Gasteiger partial charge < -0.3 is 4.74 Å². The number of hydrogen-bond acceptors (Lipinski definition) is 3. The molecule has 2 rings (SSSR count). The molecule has 2 aliphatic rings. The number of esters is 1. The molecule has 0 aromatic carbocycles. The van der Waals surface area contributed by atoms with Crippen LogP contribution in [0.3, 0.4) is 0 Å². The molecule has 0 spiro atoms. The topological polar surface area (TPSA) is 29.5 Å². The minimum atomic E-state index is -2.55. The van der Waals surface area contributed by atoms with Gasteiger partial charge in [-0.2, -0.15) is 0 Å². The van der Waals surface area contributed by atoms with Crippen molar-refractivity contribution < 1.29 is 18.3 Å². The normalized spacial score (nSPS) is 33.6. The summed E-state index contributed by atoms with van der Waals surface area (Å²) in [4.78, 5) is 13.2. The molecule has 1 saturated heterocycles. The second kappa shape index (κ2) is 4.88. The van der Waals surface area contributed by atoms with Crippen molar-refractivity contribution in [1.29, 1.82) is 0 Å². The molecule has 0 bridgehead atoms. The van der Waals surface area contributed by atoms with Crippen LogP contribution in [0.25, 0.3) is 0 Å². The number of methoxy groups -OCH3 is 1. The molecular formula is C12H19F2NO2. The molecule has 0 radical (unpaired) electrons. The largest absolute Gasteiger partial charge is 0.469 e. The van der Waals surface area contributed by atoms with E-state index in [4.69, 9.17) is 4.74 Å². The fourth-order valence-corrected chi connectivity index (χ4v) is 2.98. The Bertz CT molecular complexity index is 296. The van der Waals surface area contributed by atoms with Crippen molar-refractivity contribution in [3.8, 4) is 0 Å². The molecule has 1 aliphatic heterocycles. The van der Waals surface area contributed by atoms with E-state index in [9.17, 15) is 13.6 Å². The molecule has 2 fully saturated rings. The van der Waals surface area contributed by atoms with Crippen LogP contribution in [0.2, 0.25) is 0 Å². The highest BCUT2D eigenvalue weighted by Crippen LogP contribution is 2.35. The lowest BCUT2D eigenvalue weighted by Crippen LogP contribution is -2.47. The first kappa shape index (κ1) is 12.7. The highest BCUT2D eigenvalue weighted by Gasteiger charge is 2.41. The van der Waals surface area contributed by atoms with Crippen LogP contribution in [-0.2, 0) is 9.53 Å². The number of piperidine rings is 1. The van der Waals surface area contributed by atoms with Crippen molar-refractivity contribution in [1.82, 2.24) is 4.90 Å². The van der Waals surface area contributed by atoms with Gasteiger partial charge in [0.15, 0.2) is 0 Å². The number of nitrogens with zero attached hydrogens (tertiary/aromatic N) is 1. The molecule has 17 heavy (non-hydrogen) atoms. The maximum atomic E-state index is 13.3. The predicted octanol–water partition coefficient (Wildman–Crippen LogP) is 2.06. The second-order valence-electron chi connectivity index (χ2n) is 5.12. The number of rotatable bonds is 2. The summed E-state index contributed by atoms with van der Waals surface area (Å²) in [5, 5.41) is 0. The van der Waals surface area contributed by atoms with Gasteiger partial charge in [-0.25, -0.2) is 8.78 Å². The summed E-state index contributed by atoms with van der Waals surface area (Å²) in [6.45, 7) is 0.583. The van der Waals surface area contributed by atoms with Crippen LogP contribution in [-0.4, -0.2) is 43.0 Å². The van der Waals surface area contributed by atoms with E-state index < -0.39 is 5.92 Å². The molecule has 0 unspecified atom stereocenters. The number of hydrogen-bond donors (Lipinski definition) is 0. The summed E-state index contributed by atoms with van der Waals surface area (Å²) in [6.07, 6.45) is 2.81. The highest BCUT2D eigenvalue weighted by atomic mass is 19.3. The second-order valence-corrected chi connectivity index (χ2v) is 5.12. The summed E-state index contributed by atoms with van der Waals surface area (Å²) in [6, 6.07) is 0.130. The lowest BCUT2D eigenvalue weighted by atomic mass is 10.0. The number of carbonyl (C=O) groups excluding carboxylic acids is 1. The van der Waals surface area contributed by atoms with Gasteiger partial charge in [-0.05, 0) is 32.2 Å². The zero-order chi connectivity index (χ0) is 12.5. The van der Waals surface area contributed by atoms with E-state index in [-0.39, 0.29) is 30.9 Å². The predicted molar refractivity (Wildman–Crippen MR) is 58.9 cm³/mol. The van der Waals surface area contributed by atoms with Crippen molar-refractivity contribution in [2.75, 3.05) is 20.2 Å². The average Bonchev–Trinajstić information content (AvgIpc) is 2.76. The van der Waals surface area contributed by atoms with E-state index in [0.29, 0.717) is 12.8 Å². The Labute approximate surface area is 100 Å². The Kier molecular flexibility index (Phi) is 3.66. The van der Waals surface area contributed by atoms with Gasteiger partial charge in [0.25, 0.3) is 5.92 Å². The molecule has 98 valence electrons. The quantitative estimate of drug-likeness (QED) is 0.699. The molecule has 5 heteroatoms. The fraction of sp³-hybridized carbons (Fsp3) is 0.917. The van der Waals surface area contributed by atoms with Crippen LogP contribution in [0.15, 0.2) is 0 Å². The SMILES string of the molecule is COC(=O)[C@H]1CC[C@@H](N2CCCC(F)(F)C2)C1. The van der Waals surface area contributed by atoms with Crippen LogP contribution in [0.4, 0.5) is 8.78 Å². The number of likely N-dealkylation sites (tertiary alicyclic amines) is 1. The molecule has 1 heterocycles. The van der Waals surface area contributed by atoms with Crippen molar-refractivity contribution in [3.05, 3.63) is 0 Å². The molecular weight excluding hydrogens is 228 g/mol. The molecule has 3 nitrogen and oxygen atoms in total. The highest BCUT2D eigenvalue weighted by molar-refractivity contribution is 5.72. The number of halogens is 2. The lowest BCUT2D eigenvalue weighted by molar-refractivity contribution is -0.145. The average molecular weight is 247 g/mol. The third-order valence-corrected chi connectivity index (χ3v) is 3.88. The Morgan fingerprint density at radius 2 is 2.18 bits per heavy atom. The van der Waals surface area contributed by atoms with Gasteiger partial charge in [0.1, 0.15) is 0 Å². The van der Waals surface area contributed by atoms with Gasteiger partial charge >= 0.3 is 5.97 Å². The van der Waals surface area contributed by atoms with E-state index in [1.54, 1.807) is 0 Å². The summed E-state index contributed by atoms with van der Waals surface area (Å²) < 4.78 is 31.3. The fourth-order valence-electron chi connectivity index (χ4n) is 2.98. The van der Waals surface area contributed by atoms with Gasteiger partial charge in [0, 0.05) is 12.5 Å². The van der Waals surface area contributed by atoms with Crippen molar-refractivity contribution in [2.24, 2.45) is 5.92 Å². The third kappa shape index (κ3) is 2.94. The molecule has 0 aromatic rings. The minimum Gasteiger partial charge on any atom is -0.469 e. The van der Waals surface area contributed by atoms with E-state index in [2.05, 4.69) is 0 Å². The summed E-state index contributed by atoms with van der Waals surface area (Å²) >= 11 is 0. The first-order valence-corrected chi connectivity index (χ1v) is 6.21. The molecule has 0 aromatic heterocycles. The van der Waals surface area contributed by atoms with Crippen molar-refractivity contribution in [3.63, 3.8) is 0 Å². The van der Waals surface area contributed by atoms with Crippen LogP contribution in [0.5, 0.6) is 0 Å². The molecule has 0 N–H and O–H groups in total. The molecule has 1 saturated carbocycles. The first-order chi connectivity index (χ1) is 8.02. The molecule has 0 amide bonds. The van der Waals surface area contributed by atoms with Gasteiger partial charge in [-0.1, -0.05) is 0 Å². The van der Waals surface area contributed by atoms with E-state index >= 15 is 0 Å². The Morgan fingerprint density at radius 1 is 1.41 bits per heavy atom. The van der Waals surface area contributed by atoms with Crippen molar-refractivity contribution >= 4 is 5.97 Å². The number of carbonyl (C=O) groups is 1. The van der Waals surface area contributed by atoms with E-state index in [0.717, 1.165) is 19.4 Å². The molecule has 2 atom stereocenters. The van der Waals surface area contributed by atoms with Crippen LogP contribution in [0.1, 0.15) is 32.1 Å². The van der Waals surface area contributed by atoms with Gasteiger partial charge in [-0.3, -0.25) is 9.69 Å². The first-order valence-electron chi connectivity index (χ1n) is 6.21. The number of alkyl halides is 2.